The molecule has 70 valence electrons. The zero-order valence-corrected chi connectivity index (χ0v) is 8.12. The van der Waals surface area contributed by atoms with E-state index >= 15 is 0 Å². The maximum Gasteiger partial charge on any atom is 0.162 e. The Labute approximate surface area is 78.5 Å². The van der Waals surface area contributed by atoms with Gasteiger partial charge < -0.3 is 0 Å². The lowest BCUT2D eigenvalue weighted by atomic mass is 9.97. The summed E-state index contributed by atoms with van der Waals surface area (Å²) in [5.41, 5.74) is 7.91. The highest BCUT2D eigenvalue weighted by Crippen LogP contribution is 2.27. The van der Waals surface area contributed by atoms with Crippen LogP contribution in [0.25, 0.3) is 10.4 Å². The number of rotatable bonds is 1. The third kappa shape index (κ3) is 1.95. The zero-order chi connectivity index (χ0) is 9.73. The highest BCUT2D eigenvalue weighted by atomic mass is 15.3. The third-order valence-corrected chi connectivity index (χ3v) is 2.44. The molecule has 1 unspecified atom stereocenters. The average molecular weight is 178 g/mol. The number of azide groups is 1. The Morgan fingerprint density at radius 2 is 2.31 bits per heavy atom. The first-order chi connectivity index (χ1) is 6.25. The van der Waals surface area contributed by atoms with Crippen molar-refractivity contribution >= 4 is 0 Å². The van der Waals surface area contributed by atoms with E-state index in [0.717, 1.165) is 25.8 Å². The van der Waals surface area contributed by atoms with Crippen molar-refractivity contribution in [3.05, 3.63) is 10.4 Å². The molecule has 1 saturated heterocycles. The monoisotopic (exact) mass is 178 g/mol. The van der Waals surface area contributed by atoms with E-state index in [4.69, 9.17) is 5.53 Å². The van der Waals surface area contributed by atoms with Crippen molar-refractivity contribution in [2.75, 3.05) is 13.6 Å². The van der Waals surface area contributed by atoms with E-state index < -0.39 is 5.66 Å². The van der Waals surface area contributed by atoms with Gasteiger partial charge in [0.05, 0.1) is 0 Å². The largest absolute Gasteiger partial charge is 0.286 e. The molecule has 0 N–H and O–H groups in total. The summed E-state index contributed by atoms with van der Waals surface area (Å²) in [4.78, 5) is 4.92. The first-order valence-corrected chi connectivity index (χ1v) is 4.46. The first kappa shape index (κ1) is 9.91. The van der Waals surface area contributed by atoms with Crippen LogP contribution in [0.4, 0.5) is 0 Å². The Morgan fingerprint density at radius 1 is 1.54 bits per heavy atom. The Balaban J connectivity index is 2.96. The van der Waals surface area contributed by atoms with Gasteiger partial charge in [0.1, 0.15) is 0 Å². The first-order valence-electron chi connectivity index (χ1n) is 4.46. The van der Waals surface area contributed by atoms with Crippen LogP contribution in [0.1, 0.15) is 26.2 Å². The lowest BCUT2D eigenvalue weighted by Gasteiger charge is -2.37. The highest BCUT2D eigenvalue weighted by molar-refractivity contribution is 5.17. The molecular weight excluding hydrogens is 164 g/mol. The zero-order valence-electron chi connectivity index (χ0n) is 8.12. The predicted molar refractivity (Wildman–Crippen MR) is 51.8 cm³/mol. The highest BCUT2D eigenvalue weighted by Gasteiger charge is 2.33. The van der Waals surface area contributed by atoms with Crippen LogP contribution in [-0.2, 0) is 0 Å². The van der Waals surface area contributed by atoms with Crippen LogP contribution in [0.15, 0.2) is 5.11 Å². The van der Waals surface area contributed by atoms with Crippen molar-refractivity contribution in [1.29, 1.82) is 0 Å². The Bertz CT molecular complexity index is 282. The lowest BCUT2D eigenvalue weighted by Crippen LogP contribution is -2.46. The van der Waals surface area contributed by atoms with E-state index in [1.807, 2.05) is 11.9 Å². The van der Waals surface area contributed by atoms with Gasteiger partial charge in [-0.3, -0.25) is 4.90 Å². The fraction of sp³-hybridized carbons (Fsp3) is 0.778. The molecule has 0 bridgehead atoms. The molecule has 1 atom stereocenters. The molecule has 0 aromatic heterocycles. The van der Waals surface area contributed by atoms with Crippen molar-refractivity contribution < 1.29 is 0 Å². The van der Waals surface area contributed by atoms with Crippen LogP contribution in [0.5, 0.6) is 0 Å². The molecule has 0 spiro atoms. The molecule has 1 rings (SSSR count). The molecule has 0 aliphatic carbocycles. The molecule has 0 aromatic carbocycles. The number of likely N-dealkylation sites (tertiary alicyclic amines) is 1. The summed E-state index contributed by atoms with van der Waals surface area (Å²) in [6.07, 6.45) is 3.08. The van der Waals surface area contributed by atoms with Gasteiger partial charge >= 0.3 is 0 Å². The van der Waals surface area contributed by atoms with Crippen LogP contribution in [-0.4, -0.2) is 24.2 Å². The molecule has 13 heavy (non-hydrogen) atoms. The van der Waals surface area contributed by atoms with E-state index in [-0.39, 0.29) is 0 Å². The molecule has 0 aromatic rings. The average Bonchev–Trinajstić information content (AvgIpc) is 2.11. The fourth-order valence-electron chi connectivity index (χ4n) is 1.68. The lowest BCUT2D eigenvalue weighted by molar-refractivity contribution is 0.132. The van der Waals surface area contributed by atoms with Crippen LogP contribution in [0, 0.1) is 11.8 Å². The number of nitrogens with zero attached hydrogens (tertiary/aromatic N) is 4. The van der Waals surface area contributed by atoms with Gasteiger partial charge in [-0.25, -0.2) is 0 Å². The predicted octanol–water partition coefficient (Wildman–Crippen LogP) is 2.13. The maximum atomic E-state index is 8.49. The molecule has 4 heteroatoms. The summed E-state index contributed by atoms with van der Waals surface area (Å²) in [6, 6.07) is 0. The van der Waals surface area contributed by atoms with Crippen molar-refractivity contribution in [1.82, 2.24) is 4.90 Å². The molecular formula is C9H14N4. The summed E-state index contributed by atoms with van der Waals surface area (Å²) in [7, 11) is 1.96. The normalized spacial score (nSPS) is 28.5. The molecule has 1 fully saturated rings. The second-order valence-corrected chi connectivity index (χ2v) is 3.26. The van der Waals surface area contributed by atoms with Gasteiger partial charge in [0.15, 0.2) is 5.66 Å². The van der Waals surface area contributed by atoms with Crippen molar-refractivity contribution in [3.8, 4) is 11.8 Å². The summed E-state index contributed by atoms with van der Waals surface area (Å²) >= 11 is 0. The number of piperidine rings is 1. The van der Waals surface area contributed by atoms with Gasteiger partial charge in [0.2, 0.25) is 0 Å². The minimum atomic E-state index is -0.582. The summed E-state index contributed by atoms with van der Waals surface area (Å²) < 4.78 is 0. The van der Waals surface area contributed by atoms with E-state index in [0.29, 0.717) is 0 Å². The van der Waals surface area contributed by atoms with E-state index in [2.05, 4.69) is 21.9 Å². The van der Waals surface area contributed by atoms with Crippen molar-refractivity contribution in [2.24, 2.45) is 5.11 Å². The van der Waals surface area contributed by atoms with Gasteiger partial charge in [0, 0.05) is 4.91 Å². The summed E-state index contributed by atoms with van der Waals surface area (Å²) in [5, 5.41) is 3.82. The topological polar surface area (TPSA) is 52.0 Å². The standard InChI is InChI=1S/C9H14N4/c1-3-6-9(11-12-10)7-4-5-8-13(9)2/h4-5,7-8H2,1-2H3. The second-order valence-electron chi connectivity index (χ2n) is 3.26. The van der Waals surface area contributed by atoms with Crippen LogP contribution in [0.2, 0.25) is 0 Å². The summed E-state index contributed by atoms with van der Waals surface area (Å²) in [5.74, 6) is 5.84. The van der Waals surface area contributed by atoms with E-state index in [1.165, 1.54) is 0 Å². The smallest absolute Gasteiger partial charge is 0.162 e. The Hall–Kier alpha value is -1.17. The molecule has 1 aliphatic rings. The van der Waals surface area contributed by atoms with Crippen molar-refractivity contribution in [3.63, 3.8) is 0 Å². The minimum absolute atomic E-state index is 0.582. The second kappa shape index (κ2) is 4.18. The minimum Gasteiger partial charge on any atom is -0.286 e. The molecule has 0 radical (unpaired) electrons. The van der Waals surface area contributed by atoms with Crippen LogP contribution < -0.4 is 0 Å². The summed E-state index contributed by atoms with van der Waals surface area (Å²) in [6.45, 7) is 2.73. The quantitative estimate of drug-likeness (QED) is 0.262. The van der Waals surface area contributed by atoms with Gasteiger partial charge in [-0.1, -0.05) is 11.0 Å². The third-order valence-electron chi connectivity index (χ3n) is 2.44. The van der Waals surface area contributed by atoms with Gasteiger partial charge in [-0.05, 0) is 45.3 Å². The van der Waals surface area contributed by atoms with E-state index in [1.54, 1.807) is 6.92 Å². The molecule has 0 amide bonds. The SMILES string of the molecule is CC#CC1(N=[N+]=[N-])CCCCN1C. The number of hydrogen-bond donors (Lipinski definition) is 0. The molecule has 1 heterocycles. The molecule has 0 saturated carbocycles. The van der Waals surface area contributed by atoms with Crippen LogP contribution in [0.3, 0.4) is 0 Å². The van der Waals surface area contributed by atoms with Gasteiger partial charge in [0.25, 0.3) is 0 Å². The van der Waals surface area contributed by atoms with Gasteiger partial charge in [-0.2, -0.15) is 0 Å². The Morgan fingerprint density at radius 3 is 2.85 bits per heavy atom. The maximum absolute atomic E-state index is 8.49. The van der Waals surface area contributed by atoms with Gasteiger partial charge in [-0.15, -0.1) is 5.92 Å². The molecule has 4 nitrogen and oxygen atoms in total. The van der Waals surface area contributed by atoms with E-state index in [9.17, 15) is 0 Å². The fourth-order valence-corrected chi connectivity index (χ4v) is 1.68. The van der Waals surface area contributed by atoms with Crippen molar-refractivity contribution in [2.45, 2.75) is 31.8 Å². The van der Waals surface area contributed by atoms with Crippen LogP contribution >= 0.6 is 0 Å². The number of hydrogen-bond acceptors (Lipinski definition) is 2. The molecule has 1 aliphatic heterocycles. The Kier molecular flexibility index (Phi) is 3.18.